The highest BCUT2D eigenvalue weighted by Gasteiger charge is 2.22. The first-order valence-electron chi connectivity index (χ1n) is 8.10. The van der Waals surface area contributed by atoms with Gasteiger partial charge in [-0.15, -0.1) is 0 Å². The van der Waals surface area contributed by atoms with E-state index >= 15 is 0 Å². The van der Waals surface area contributed by atoms with Crippen LogP contribution >= 0.6 is 0 Å². The van der Waals surface area contributed by atoms with Gasteiger partial charge >= 0.3 is 12.1 Å². The largest absolute Gasteiger partial charge is 0.463 e. The predicted octanol–water partition coefficient (Wildman–Crippen LogP) is 2.04. The molecule has 0 spiro atoms. The van der Waals surface area contributed by atoms with E-state index in [4.69, 9.17) is 13.9 Å². The summed E-state index contributed by atoms with van der Waals surface area (Å²) in [4.78, 5) is 25.3. The Bertz CT molecular complexity index is 550. The van der Waals surface area contributed by atoms with Crippen molar-refractivity contribution < 1.29 is 28.2 Å². The van der Waals surface area contributed by atoms with Crippen molar-refractivity contribution >= 4 is 12.1 Å². The summed E-state index contributed by atoms with van der Waals surface area (Å²) in [5.41, 5.74) is 0.148. The summed E-state index contributed by atoms with van der Waals surface area (Å²) in [7, 11) is 2.88. The van der Waals surface area contributed by atoms with E-state index in [2.05, 4.69) is 10.1 Å². The minimum Gasteiger partial charge on any atom is -0.463 e. The van der Waals surface area contributed by atoms with E-state index in [0.717, 1.165) is 0 Å². The molecule has 0 radical (unpaired) electrons. The first-order chi connectivity index (χ1) is 11.8. The Morgan fingerprint density at radius 3 is 2.56 bits per heavy atom. The number of carbonyl (C=O) groups is 2. The maximum atomic E-state index is 12.2. The highest BCUT2D eigenvalue weighted by molar-refractivity contribution is 5.87. The fourth-order valence-electron chi connectivity index (χ4n) is 2.01. The van der Waals surface area contributed by atoms with Gasteiger partial charge in [0.1, 0.15) is 5.60 Å². The molecule has 0 atom stereocenters. The molecule has 0 unspecified atom stereocenters. The second-order valence-corrected chi connectivity index (χ2v) is 6.40. The summed E-state index contributed by atoms with van der Waals surface area (Å²) in [6.45, 7) is 7.73. The molecule has 8 heteroatoms. The van der Waals surface area contributed by atoms with Crippen LogP contribution in [0.25, 0.3) is 0 Å². The SMILES string of the molecule is COCCN(CCNCc1ccoc1C(=O)OC)C(=O)OC(C)(C)C. The van der Waals surface area contributed by atoms with Crippen LogP contribution in [0.5, 0.6) is 0 Å². The second-order valence-electron chi connectivity index (χ2n) is 6.40. The van der Waals surface area contributed by atoms with Gasteiger partial charge in [0.05, 0.1) is 20.0 Å². The number of hydrogen-bond donors (Lipinski definition) is 1. The van der Waals surface area contributed by atoms with Crippen molar-refractivity contribution in [2.24, 2.45) is 0 Å². The number of hydrogen-bond acceptors (Lipinski definition) is 7. The zero-order valence-electron chi connectivity index (χ0n) is 15.6. The lowest BCUT2D eigenvalue weighted by atomic mass is 10.2. The molecule has 0 saturated heterocycles. The number of methoxy groups -OCH3 is 2. The molecule has 1 aromatic heterocycles. The van der Waals surface area contributed by atoms with Gasteiger partial charge in [0.25, 0.3) is 0 Å². The van der Waals surface area contributed by atoms with E-state index in [1.807, 2.05) is 20.8 Å². The summed E-state index contributed by atoms with van der Waals surface area (Å²) in [6.07, 6.45) is 1.05. The number of esters is 1. The van der Waals surface area contributed by atoms with Crippen molar-refractivity contribution in [1.82, 2.24) is 10.2 Å². The Morgan fingerprint density at radius 2 is 1.96 bits per heavy atom. The van der Waals surface area contributed by atoms with Crippen LogP contribution in [-0.2, 0) is 20.8 Å². The summed E-state index contributed by atoms with van der Waals surface area (Å²) in [6, 6.07) is 1.70. The first-order valence-corrected chi connectivity index (χ1v) is 8.10. The van der Waals surface area contributed by atoms with Gasteiger partial charge in [-0.2, -0.15) is 0 Å². The Labute approximate surface area is 148 Å². The van der Waals surface area contributed by atoms with E-state index < -0.39 is 11.6 Å². The smallest absolute Gasteiger partial charge is 0.410 e. The van der Waals surface area contributed by atoms with Crippen molar-refractivity contribution in [1.29, 1.82) is 0 Å². The summed E-state index contributed by atoms with van der Waals surface area (Å²) in [5, 5.41) is 3.17. The van der Waals surface area contributed by atoms with Crippen LogP contribution in [0.1, 0.15) is 36.9 Å². The van der Waals surface area contributed by atoms with Gasteiger partial charge < -0.3 is 28.8 Å². The number of amides is 1. The molecule has 0 fully saturated rings. The summed E-state index contributed by atoms with van der Waals surface area (Å²) < 4.78 is 20.2. The maximum absolute atomic E-state index is 12.2. The molecule has 0 aliphatic rings. The topological polar surface area (TPSA) is 90.2 Å². The van der Waals surface area contributed by atoms with E-state index in [1.165, 1.54) is 13.4 Å². The third-order valence-corrected chi connectivity index (χ3v) is 3.21. The first kappa shape index (κ1) is 21.0. The molecule has 1 amide bonds. The third-order valence-electron chi connectivity index (χ3n) is 3.21. The Balaban J connectivity index is 2.50. The lowest BCUT2D eigenvalue weighted by molar-refractivity contribution is 0.0204. The van der Waals surface area contributed by atoms with Gasteiger partial charge in [0, 0.05) is 38.9 Å². The predicted molar refractivity (Wildman–Crippen MR) is 91.4 cm³/mol. The number of ether oxygens (including phenoxy) is 3. The van der Waals surface area contributed by atoms with Crippen molar-refractivity contribution in [2.45, 2.75) is 32.9 Å². The molecular weight excluding hydrogens is 328 g/mol. The summed E-state index contributed by atoms with van der Waals surface area (Å²) >= 11 is 0. The zero-order valence-corrected chi connectivity index (χ0v) is 15.6. The standard InChI is InChI=1S/C17H28N2O6/c1-17(2,3)25-16(21)19(9-11-22-4)8-7-18-12-13-6-10-24-14(13)15(20)23-5/h6,10,18H,7-9,11-12H2,1-5H3. The number of nitrogens with zero attached hydrogens (tertiary/aromatic N) is 1. The van der Waals surface area contributed by atoms with Gasteiger partial charge in [-0.25, -0.2) is 9.59 Å². The lowest BCUT2D eigenvalue weighted by Crippen LogP contribution is -2.42. The van der Waals surface area contributed by atoms with Gasteiger partial charge in [0.15, 0.2) is 0 Å². The van der Waals surface area contributed by atoms with Gasteiger partial charge in [-0.3, -0.25) is 0 Å². The molecule has 1 rings (SSSR count). The molecule has 1 aromatic rings. The number of nitrogens with one attached hydrogen (secondary N) is 1. The van der Waals surface area contributed by atoms with Crippen LogP contribution in [0.4, 0.5) is 4.79 Å². The van der Waals surface area contributed by atoms with Crippen molar-refractivity contribution in [3.8, 4) is 0 Å². The fraction of sp³-hybridized carbons (Fsp3) is 0.647. The van der Waals surface area contributed by atoms with E-state index in [9.17, 15) is 9.59 Å². The molecule has 0 bridgehead atoms. The molecule has 0 aliphatic carbocycles. The van der Waals surface area contributed by atoms with E-state index in [-0.39, 0.29) is 11.9 Å². The average Bonchev–Trinajstić information content (AvgIpc) is 3.00. The van der Waals surface area contributed by atoms with Crippen LogP contribution in [0, 0.1) is 0 Å². The maximum Gasteiger partial charge on any atom is 0.410 e. The molecule has 1 heterocycles. The average molecular weight is 356 g/mol. The van der Waals surface area contributed by atoms with Crippen molar-refractivity contribution in [3.05, 3.63) is 23.7 Å². The fourth-order valence-corrected chi connectivity index (χ4v) is 2.01. The summed E-state index contributed by atoms with van der Waals surface area (Å²) in [5.74, 6) is -0.337. The normalized spacial score (nSPS) is 11.2. The van der Waals surface area contributed by atoms with Crippen molar-refractivity contribution in [3.63, 3.8) is 0 Å². The molecular formula is C17H28N2O6. The Morgan fingerprint density at radius 1 is 1.24 bits per heavy atom. The minimum atomic E-state index is -0.554. The molecule has 0 aromatic carbocycles. The number of carbonyl (C=O) groups excluding carboxylic acids is 2. The molecule has 0 aliphatic heterocycles. The van der Waals surface area contributed by atoms with E-state index in [1.54, 1.807) is 18.1 Å². The molecule has 1 N–H and O–H groups in total. The monoisotopic (exact) mass is 356 g/mol. The number of rotatable bonds is 9. The van der Waals surface area contributed by atoms with Gasteiger partial charge in [-0.05, 0) is 26.8 Å². The second kappa shape index (κ2) is 10.0. The zero-order chi connectivity index (χ0) is 18.9. The third kappa shape index (κ3) is 7.57. The van der Waals surface area contributed by atoms with Crippen LogP contribution in [0.15, 0.2) is 16.7 Å². The minimum absolute atomic E-state index is 0.179. The van der Waals surface area contributed by atoms with E-state index in [0.29, 0.717) is 38.3 Å². The quantitative estimate of drug-likeness (QED) is 0.535. The van der Waals surface area contributed by atoms with Gasteiger partial charge in [-0.1, -0.05) is 0 Å². The van der Waals surface area contributed by atoms with Crippen LogP contribution in [0.3, 0.4) is 0 Å². The van der Waals surface area contributed by atoms with Crippen molar-refractivity contribution in [2.75, 3.05) is 40.5 Å². The molecule has 142 valence electrons. The highest BCUT2D eigenvalue weighted by Crippen LogP contribution is 2.12. The van der Waals surface area contributed by atoms with Crippen LogP contribution < -0.4 is 5.32 Å². The van der Waals surface area contributed by atoms with Crippen LogP contribution in [-0.4, -0.2) is 63.0 Å². The molecule has 25 heavy (non-hydrogen) atoms. The molecule has 8 nitrogen and oxygen atoms in total. The Hall–Kier alpha value is -2.06. The van der Waals surface area contributed by atoms with Gasteiger partial charge in [0.2, 0.25) is 5.76 Å². The molecule has 0 saturated carbocycles. The lowest BCUT2D eigenvalue weighted by Gasteiger charge is -2.27. The number of furan rings is 1. The van der Waals surface area contributed by atoms with Crippen LogP contribution in [0.2, 0.25) is 0 Å². The Kier molecular flexibility index (Phi) is 8.44. The highest BCUT2D eigenvalue weighted by atomic mass is 16.6.